The second-order valence-corrected chi connectivity index (χ2v) is 9.12. The fourth-order valence-corrected chi connectivity index (χ4v) is 5.52. The maximum Gasteiger partial charge on any atom is 0.283 e. The van der Waals surface area contributed by atoms with Gasteiger partial charge in [-0.3, -0.25) is 19.7 Å². The Hall–Kier alpha value is -3.62. The summed E-state index contributed by atoms with van der Waals surface area (Å²) in [5, 5.41) is 11.7. The number of ketones is 2. The van der Waals surface area contributed by atoms with Crippen LogP contribution >= 0.6 is 23.1 Å². The largest absolute Gasteiger partial charge is 0.288 e. The molecule has 6 nitrogen and oxygen atoms in total. The first-order valence-corrected chi connectivity index (χ1v) is 10.9. The number of nitrogens with zero attached hydrogens (tertiary/aromatic N) is 2. The van der Waals surface area contributed by atoms with Crippen LogP contribution in [0.2, 0.25) is 0 Å². The van der Waals surface area contributed by atoms with Crippen molar-refractivity contribution in [1.82, 2.24) is 4.98 Å². The van der Waals surface area contributed by atoms with Gasteiger partial charge in [0.15, 0.2) is 15.9 Å². The van der Waals surface area contributed by atoms with Gasteiger partial charge < -0.3 is 0 Å². The molecule has 0 atom stereocenters. The second-order valence-electron chi connectivity index (χ2n) is 6.80. The van der Waals surface area contributed by atoms with Gasteiger partial charge in [-0.05, 0) is 29.8 Å². The van der Waals surface area contributed by atoms with Crippen molar-refractivity contribution >= 4 is 56.6 Å². The highest BCUT2D eigenvalue weighted by atomic mass is 32.2. The van der Waals surface area contributed by atoms with E-state index in [9.17, 15) is 19.7 Å². The molecule has 1 heterocycles. The van der Waals surface area contributed by atoms with E-state index in [0.29, 0.717) is 25.9 Å². The lowest BCUT2D eigenvalue weighted by atomic mass is 10.1. The lowest BCUT2D eigenvalue weighted by Gasteiger charge is -2.03. The van der Waals surface area contributed by atoms with E-state index >= 15 is 0 Å². The molecule has 0 fully saturated rings. The van der Waals surface area contributed by atoms with E-state index in [1.165, 1.54) is 35.2 Å². The third kappa shape index (κ3) is 3.45. The Morgan fingerprint density at radius 2 is 1.61 bits per heavy atom. The summed E-state index contributed by atoms with van der Waals surface area (Å²) in [7, 11) is 0. The Kier molecular flexibility index (Phi) is 4.72. The monoisotopic (exact) mass is 444 g/mol. The molecule has 150 valence electrons. The van der Waals surface area contributed by atoms with Gasteiger partial charge in [0.2, 0.25) is 0 Å². The summed E-state index contributed by atoms with van der Waals surface area (Å²) in [6.45, 7) is 0. The molecule has 0 aliphatic heterocycles. The molecule has 0 unspecified atom stereocenters. The summed E-state index contributed by atoms with van der Waals surface area (Å²) in [6, 6.07) is 18.9. The number of benzene rings is 3. The number of aromatic nitrogens is 1. The average Bonchev–Trinajstić information content (AvgIpc) is 3.29. The molecule has 0 saturated carbocycles. The molecule has 3 aromatic carbocycles. The number of hydrogen-bond acceptors (Lipinski definition) is 7. The molecule has 1 aromatic heterocycles. The molecular weight excluding hydrogens is 432 g/mol. The summed E-state index contributed by atoms with van der Waals surface area (Å²) in [6.07, 6.45) is 1.42. The number of rotatable bonds is 4. The summed E-state index contributed by atoms with van der Waals surface area (Å²) in [5.74, 6) is -0.729. The summed E-state index contributed by atoms with van der Waals surface area (Å²) in [4.78, 5) is 41.4. The Balaban J connectivity index is 1.50. The van der Waals surface area contributed by atoms with Crippen LogP contribution in [-0.2, 0) is 0 Å². The molecule has 0 radical (unpaired) electrons. The van der Waals surface area contributed by atoms with E-state index in [1.807, 2.05) is 24.3 Å². The molecule has 31 heavy (non-hydrogen) atoms. The predicted octanol–water partition coefficient (Wildman–Crippen LogP) is 5.82. The molecule has 0 N–H and O–H groups in total. The van der Waals surface area contributed by atoms with E-state index in [-0.39, 0.29) is 22.8 Å². The first-order valence-electron chi connectivity index (χ1n) is 9.23. The number of para-hydroxylation sites is 1. The SMILES string of the molecule is O=C1C(=Cc2ccc(Sc3nc4ccccc4s3)c([N+](=O)[O-])c2)C(=O)c2ccccc21. The minimum absolute atomic E-state index is 0.0158. The van der Waals surface area contributed by atoms with Gasteiger partial charge in [-0.1, -0.05) is 54.2 Å². The maximum atomic E-state index is 12.6. The van der Waals surface area contributed by atoms with Crippen LogP contribution in [0.25, 0.3) is 16.3 Å². The van der Waals surface area contributed by atoms with Crippen LogP contribution in [-0.4, -0.2) is 21.5 Å². The van der Waals surface area contributed by atoms with Crippen molar-refractivity contribution in [2.45, 2.75) is 9.24 Å². The molecule has 5 rings (SSSR count). The predicted molar refractivity (Wildman–Crippen MR) is 120 cm³/mol. The third-order valence-electron chi connectivity index (χ3n) is 4.87. The van der Waals surface area contributed by atoms with E-state index in [0.717, 1.165) is 10.2 Å². The highest BCUT2D eigenvalue weighted by molar-refractivity contribution is 8.01. The molecule has 0 amide bonds. The Bertz CT molecular complexity index is 1370. The van der Waals surface area contributed by atoms with Crippen molar-refractivity contribution in [2.24, 2.45) is 0 Å². The zero-order chi connectivity index (χ0) is 21.5. The highest BCUT2D eigenvalue weighted by Gasteiger charge is 2.32. The van der Waals surface area contributed by atoms with Crippen molar-refractivity contribution in [3.63, 3.8) is 0 Å². The van der Waals surface area contributed by atoms with Gasteiger partial charge in [-0.2, -0.15) is 0 Å². The number of allylic oxidation sites excluding steroid dienone is 1. The van der Waals surface area contributed by atoms with Gasteiger partial charge >= 0.3 is 0 Å². The molecule has 4 aromatic rings. The second kappa shape index (κ2) is 7.57. The van der Waals surface area contributed by atoms with Crippen LogP contribution in [0.5, 0.6) is 0 Å². The molecule has 0 bridgehead atoms. The lowest BCUT2D eigenvalue weighted by molar-refractivity contribution is -0.387. The number of thiazole rings is 1. The first kappa shape index (κ1) is 19.3. The van der Waals surface area contributed by atoms with Gasteiger partial charge in [-0.25, -0.2) is 4.98 Å². The van der Waals surface area contributed by atoms with Crippen molar-refractivity contribution in [3.8, 4) is 0 Å². The van der Waals surface area contributed by atoms with Crippen LogP contribution in [0.4, 0.5) is 5.69 Å². The third-order valence-corrected chi connectivity index (χ3v) is 7.03. The van der Waals surface area contributed by atoms with Crippen LogP contribution in [0.1, 0.15) is 26.3 Å². The van der Waals surface area contributed by atoms with E-state index < -0.39 is 4.92 Å². The molecule has 1 aliphatic carbocycles. The number of nitro benzene ring substituents is 1. The average molecular weight is 444 g/mol. The summed E-state index contributed by atoms with van der Waals surface area (Å²) in [5.41, 5.74) is 1.89. The zero-order valence-electron chi connectivity index (χ0n) is 15.8. The summed E-state index contributed by atoms with van der Waals surface area (Å²) >= 11 is 2.69. The van der Waals surface area contributed by atoms with E-state index in [1.54, 1.807) is 36.4 Å². The van der Waals surface area contributed by atoms with Gasteiger partial charge in [0.05, 0.1) is 25.6 Å². The van der Waals surface area contributed by atoms with Gasteiger partial charge in [0.1, 0.15) is 0 Å². The number of carbonyl (C=O) groups excluding carboxylic acids is 2. The van der Waals surface area contributed by atoms with Crippen molar-refractivity contribution in [1.29, 1.82) is 0 Å². The zero-order valence-corrected chi connectivity index (χ0v) is 17.4. The Labute approximate surface area is 184 Å². The fourth-order valence-electron chi connectivity index (χ4n) is 3.41. The van der Waals surface area contributed by atoms with Crippen LogP contribution in [0, 0.1) is 10.1 Å². The maximum absolute atomic E-state index is 12.6. The highest BCUT2D eigenvalue weighted by Crippen LogP contribution is 2.39. The minimum atomic E-state index is -0.468. The van der Waals surface area contributed by atoms with Crippen molar-refractivity contribution in [2.75, 3.05) is 0 Å². The smallest absolute Gasteiger partial charge is 0.283 e. The van der Waals surface area contributed by atoms with E-state index in [4.69, 9.17) is 0 Å². The van der Waals surface area contributed by atoms with Crippen LogP contribution in [0.3, 0.4) is 0 Å². The number of Topliss-reactive ketones (excluding diaryl/α,β-unsaturated/α-hetero) is 2. The van der Waals surface area contributed by atoms with Crippen LogP contribution < -0.4 is 0 Å². The quantitative estimate of drug-likeness (QED) is 0.171. The Morgan fingerprint density at radius 1 is 0.935 bits per heavy atom. The lowest BCUT2D eigenvalue weighted by Crippen LogP contribution is -2.00. The fraction of sp³-hybridized carbons (Fsp3) is 0. The van der Waals surface area contributed by atoms with Crippen molar-refractivity contribution in [3.05, 3.63) is 99.1 Å². The van der Waals surface area contributed by atoms with Crippen LogP contribution in [0.15, 0.2) is 81.5 Å². The van der Waals surface area contributed by atoms with E-state index in [2.05, 4.69) is 4.98 Å². The molecule has 1 aliphatic rings. The topological polar surface area (TPSA) is 90.2 Å². The van der Waals surface area contributed by atoms with Crippen molar-refractivity contribution < 1.29 is 14.5 Å². The summed E-state index contributed by atoms with van der Waals surface area (Å²) < 4.78 is 1.71. The Morgan fingerprint density at radius 3 is 2.29 bits per heavy atom. The number of carbonyl (C=O) groups is 2. The minimum Gasteiger partial charge on any atom is -0.288 e. The van der Waals surface area contributed by atoms with Gasteiger partial charge in [0, 0.05) is 17.2 Å². The number of hydrogen-bond donors (Lipinski definition) is 0. The van der Waals surface area contributed by atoms with Gasteiger partial charge in [-0.15, -0.1) is 11.3 Å². The first-order chi connectivity index (χ1) is 15.0. The standard InChI is InChI=1S/C23H12N2O4S2/c26-21-14-5-1-2-6-15(14)22(27)16(21)11-13-9-10-20(18(12-13)25(28)29)31-23-24-17-7-3-4-8-19(17)30-23/h1-12H. The molecular formula is C23H12N2O4S2. The number of fused-ring (bicyclic) bond motifs is 2. The van der Waals surface area contributed by atoms with Gasteiger partial charge in [0.25, 0.3) is 5.69 Å². The number of nitro groups is 1. The normalized spacial score (nSPS) is 13.0. The molecule has 0 spiro atoms. The molecule has 0 saturated heterocycles. The molecule has 8 heteroatoms.